The molecule has 1 aromatic carbocycles. The summed E-state index contributed by atoms with van der Waals surface area (Å²) in [5, 5.41) is 3.60. The SMILES string of the molecule is CCCCCC(C)Oc1cc2c(c(OC(=O)CCCN3CCOCC3)c1)C1=CC(=O)CCC1[C@H](C)N2. The minimum absolute atomic E-state index is 0.0657. The van der Waals surface area contributed by atoms with Crippen molar-refractivity contribution in [2.45, 2.75) is 84.3 Å². The summed E-state index contributed by atoms with van der Waals surface area (Å²) < 4.78 is 17.7. The number of ketones is 1. The first kappa shape index (κ1) is 26.7. The summed E-state index contributed by atoms with van der Waals surface area (Å²) in [7, 11) is 0. The first-order valence-electron chi connectivity index (χ1n) is 13.8. The third-order valence-electron chi connectivity index (χ3n) is 7.50. The second kappa shape index (κ2) is 12.7. The van der Waals surface area contributed by atoms with E-state index < -0.39 is 0 Å². The number of benzene rings is 1. The van der Waals surface area contributed by atoms with Crippen LogP contribution in [0.1, 0.15) is 77.7 Å². The number of rotatable bonds is 11. The summed E-state index contributed by atoms with van der Waals surface area (Å²) in [6, 6.07) is 4.02. The highest BCUT2D eigenvalue weighted by Crippen LogP contribution is 2.48. The highest BCUT2D eigenvalue weighted by atomic mass is 16.5. The molecule has 0 spiro atoms. The fraction of sp³-hybridized carbons (Fsp3) is 0.655. The van der Waals surface area contributed by atoms with Crippen LogP contribution in [0.3, 0.4) is 0 Å². The smallest absolute Gasteiger partial charge is 0.311 e. The number of esters is 1. The topological polar surface area (TPSA) is 77.1 Å². The molecule has 36 heavy (non-hydrogen) atoms. The highest BCUT2D eigenvalue weighted by Gasteiger charge is 2.35. The molecule has 1 aliphatic carbocycles. The van der Waals surface area contributed by atoms with Crippen LogP contribution in [-0.2, 0) is 14.3 Å². The fourth-order valence-corrected chi connectivity index (χ4v) is 5.50. The molecular weight excluding hydrogens is 456 g/mol. The monoisotopic (exact) mass is 498 g/mol. The Hall–Kier alpha value is -2.38. The Balaban J connectivity index is 1.53. The number of allylic oxidation sites excluding steroid dienone is 1. The molecule has 1 N–H and O–H groups in total. The van der Waals surface area contributed by atoms with E-state index in [1.165, 1.54) is 12.8 Å². The van der Waals surface area contributed by atoms with E-state index in [9.17, 15) is 9.59 Å². The Morgan fingerprint density at radius 1 is 1.22 bits per heavy atom. The van der Waals surface area contributed by atoms with Crippen molar-refractivity contribution in [1.82, 2.24) is 4.90 Å². The lowest BCUT2D eigenvalue weighted by atomic mass is 9.76. The quantitative estimate of drug-likeness (QED) is 0.254. The van der Waals surface area contributed by atoms with Gasteiger partial charge in [0.15, 0.2) is 5.78 Å². The van der Waals surface area contributed by atoms with Crippen molar-refractivity contribution in [2.24, 2.45) is 5.92 Å². The molecule has 7 heteroatoms. The van der Waals surface area contributed by atoms with Gasteiger partial charge < -0.3 is 19.5 Å². The van der Waals surface area contributed by atoms with Crippen molar-refractivity contribution in [3.63, 3.8) is 0 Å². The van der Waals surface area contributed by atoms with Crippen LogP contribution in [0, 0.1) is 5.92 Å². The lowest BCUT2D eigenvalue weighted by molar-refractivity contribution is -0.134. The van der Waals surface area contributed by atoms with Crippen molar-refractivity contribution < 1.29 is 23.8 Å². The van der Waals surface area contributed by atoms with E-state index in [0.717, 1.165) is 75.4 Å². The third-order valence-corrected chi connectivity index (χ3v) is 7.50. The number of anilines is 1. The first-order valence-corrected chi connectivity index (χ1v) is 13.8. The summed E-state index contributed by atoms with van der Waals surface area (Å²) >= 11 is 0. The number of fused-ring (bicyclic) bond motifs is 3. The van der Waals surface area contributed by atoms with Crippen LogP contribution in [0.2, 0.25) is 0 Å². The second-order valence-corrected chi connectivity index (χ2v) is 10.4. The molecule has 1 saturated heterocycles. The molecule has 3 aliphatic rings. The van der Waals surface area contributed by atoms with Gasteiger partial charge in [-0.05, 0) is 57.7 Å². The van der Waals surface area contributed by atoms with Crippen molar-refractivity contribution in [3.8, 4) is 11.5 Å². The lowest BCUT2D eigenvalue weighted by Crippen LogP contribution is -2.37. The number of hydrogen-bond acceptors (Lipinski definition) is 7. The average molecular weight is 499 g/mol. The molecule has 0 bridgehead atoms. The van der Waals surface area contributed by atoms with Crippen molar-refractivity contribution in [2.75, 3.05) is 38.2 Å². The van der Waals surface area contributed by atoms with Crippen molar-refractivity contribution in [3.05, 3.63) is 23.8 Å². The van der Waals surface area contributed by atoms with Gasteiger partial charge in [0.1, 0.15) is 11.5 Å². The zero-order chi connectivity index (χ0) is 25.5. The van der Waals surface area contributed by atoms with Gasteiger partial charge in [0.05, 0.1) is 19.3 Å². The molecule has 0 amide bonds. The van der Waals surface area contributed by atoms with Crippen LogP contribution in [0.25, 0.3) is 5.57 Å². The van der Waals surface area contributed by atoms with Crippen molar-refractivity contribution in [1.29, 1.82) is 0 Å². The predicted octanol–water partition coefficient (Wildman–Crippen LogP) is 5.23. The maximum atomic E-state index is 12.9. The molecular formula is C29H42N2O5. The molecule has 198 valence electrons. The van der Waals surface area contributed by atoms with Crippen LogP contribution in [0.5, 0.6) is 11.5 Å². The van der Waals surface area contributed by atoms with Gasteiger partial charge in [-0.3, -0.25) is 14.5 Å². The molecule has 1 aromatic rings. The molecule has 4 rings (SSSR count). The Kier molecular flexibility index (Phi) is 9.43. The van der Waals surface area contributed by atoms with E-state index in [1.54, 1.807) is 6.08 Å². The zero-order valence-corrected chi connectivity index (χ0v) is 22.1. The Morgan fingerprint density at radius 3 is 2.81 bits per heavy atom. The van der Waals surface area contributed by atoms with E-state index in [1.807, 2.05) is 12.1 Å². The summed E-state index contributed by atoms with van der Waals surface area (Å²) in [4.78, 5) is 27.6. The number of carbonyl (C=O) groups excluding carboxylic acids is 2. The fourth-order valence-electron chi connectivity index (χ4n) is 5.50. The number of hydrogen-bond donors (Lipinski definition) is 1. The largest absolute Gasteiger partial charge is 0.491 e. The Morgan fingerprint density at radius 2 is 2.03 bits per heavy atom. The van der Waals surface area contributed by atoms with Crippen LogP contribution >= 0.6 is 0 Å². The zero-order valence-electron chi connectivity index (χ0n) is 22.1. The van der Waals surface area contributed by atoms with Gasteiger partial charge in [-0.1, -0.05) is 19.8 Å². The molecule has 7 nitrogen and oxygen atoms in total. The minimum Gasteiger partial charge on any atom is -0.491 e. The van der Waals surface area contributed by atoms with Gasteiger partial charge in [-0.15, -0.1) is 0 Å². The van der Waals surface area contributed by atoms with E-state index >= 15 is 0 Å². The molecule has 0 radical (unpaired) electrons. The Bertz CT molecular complexity index is 953. The average Bonchev–Trinajstić information content (AvgIpc) is 2.84. The minimum atomic E-state index is -0.253. The van der Waals surface area contributed by atoms with Gasteiger partial charge >= 0.3 is 5.97 Å². The molecule has 2 heterocycles. The van der Waals surface area contributed by atoms with Crippen LogP contribution < -0.4 is 14.8 Å². The summed E-state index contributed by atoms with van der Waals surface area (Å²) in [6.45, 7) is 10.6. The second-order valence-electron chi connectivity index (χ2n) is 10.4. The van der Waals surface area contributed by atoms with Crippen LogP contribution in [0.15, 0.2) is 18.2 Å². The van der Waals surface area contributed by atoms with E-state index in [-0.39, 0.29) is 29.8 Å². The molecule has 2 unspecified atom stereocenters. The molecule has 1 fully saturated rings. The standard InChI is InChI=1S/C29H42N2O5/c1-4-5-6-8-20(2)35-23-18-26-29(25-17-22(32)10-11-24(25)21(3)30-26)27(19-23)36-28(33)9-7-12-31-13-15-34-16-14-31/h17-21,24,30H,4-16H2,1-3H3/t20?,21-,24?/m0/s1. The summed E-state index contributed by atoms with van der Waals surface area (Å²) in [5.41, 5.74) is 2.68. The normalized spacial score (nSPS) is 22.6. The van der Waals surface area contributed by atoms with Gasteiger partial charge in [0.25, 0.3) is 0 Å². The van der Waals surface area contributed by atoms with Gasteiger partial charge in [0, 0.05) is 61.3 Å². The molecule has 2 aliphatic heterocycles. The number of morpholine rings is 1. The van der Waals surface area contributed by atoms with Crippen LogP contribution in [0.4, 0.5) is 5.69 Å². The number of nitrogens with zero attached hydrogens (tertiary/aromatic N) is 1. The number of unbranched alkanes of at least 4 members (excludes halogenated alkanes) is 2. The summed E-state index contributed by atoms with van der Waals surface area (Å²) in [5.74, 6) is 1.28. The number of carbonyl (C=O) groups is 2. The van der Waals surface area contributed by atoms with Gasteiger partial charge in [-0.2, -0.15) is 0 Å². The lowest BCUT2D eigenvalue weighted by Gasteiger charge is -2.37. The summed E-state index contributed by atoms with van der Waals surface area (Å²) in [6.07, 6.45) is 8.74. The maximum absolute atomic E-state index is 12.9. The highest BCUT2D eigenvalue weighted by molar-refractivity contribution is 6.02. The van der Waals surface area contributed by atoms with E-state index in [2.05, 4.69) is 31.0 Å². The van der Waals surface area contributed by atoms with Crippen molar-refractivity contribution >= 4 is 23.0 Å². The molecule has 3 atom stereocenters. The van der Waals surface area contributed by atoms with Gasteiger partial charge in [0.2, 0.25) is 0 Å². The predicted molar refractivity (Wildman–Crippen MR) is 142 cm³/mol. The number of nitrogens with one attached hydrogen (secondary N) is 1. The molecule has 0 aromatic heterocycles. The number of ether oxygens (including phenoxy) is 3. The first-order chi connectivity index (χ1) is 17.4. The van der Waals surface area contributed by atoms with Gasteiger partial charge in [-0.25, -0.2) is 0 Å². The third kappa shape index (κ3) is 6.88. The molecule has 0 saturated carbocycles. The maximum Gasteiger partial charge on any atom is 0.311 e. The van der Waals surface area contributed by atoms with E-state index in [0.29, 0.717) is 24.3 Å². The van der Waals surface area contributed by atoms with E-state index in [4.69, 9.17) is 14.2 Å². The Labute approximate surface area is 215 Å². The van der Waals surface area contributed by atoms with Crippen LogP contribution in [-0.4, -0.2) is 61.6 Å².